The number of aromatic nitrogens is 1. The van der Waals surface area contributed by atoms with Gasteiger partial charge in [0.05, 0.1) is 12.2 Å². The van der Waals surface area contributed by atoms with E-state index in [1.54, 1.807) is 23.1 Å². The minimum absolute atomic E-state index is 0.116. The van der Waals surface area contributed by atoms with E-state index >= 15 is 0 Å². The monoisotopic (exact) mass is 589 g/mol. The van der Waals surface area contributed by atoms with Crippen molar-refractivity contribution in [2.24, 2.45) is 5.10 Å². The third kappa shape index (κ3) is 9.11. The highest BCUT2D eigenvalue weighted by Crippen LogP contribution is 2.23. The number of anilines is 1. The van der Waals surface area contributed by atoms with Gasteiger partial charge in [-0.15, -0.1) is 0 Å². The molecular weight excluding hydrogens is 546 g/mol. The molecule has 0 saturated carbocycles. The number of benzene rings is 3. The number of pyridine rings is 1. The highest BCUT2D eigenvalue weighted by molar-refractivity contribution is 6.03. The number of nitrogens with one attached hydrogen (secondary N) is 1. The predicted octanol–water partition coefficient (Wildman–Crippen LogP) is 7.54. The lowest BCUT2D eigenvalue weighted by Crippen LogP contribution is -2.31. The Kier molecular flexibility index (Phi) is 11.0. The summed E-state index contributed by atoms with van der Waals surface area (Å²) in [6.07, 6.45) is 3.26. The van der Waals surface area contributed by atoms with Gasteiger partial charge in [0, 0.05) is 31.1 Å². The molecule has 1 aromatic heterocycles. The molecule has 0 fully saturated rings. The quantitative estimate of drug-likeness (QED) is 0.0801. The Morgan fingerprint density at radius 1 is 0.886 bits per heavy atom. The third-order valence-corrected chi connectivity index (χ3v) is 7.46. The number of rotatable bonds is 12. The van der Waals surface area contributed by atoms with Crippen LogP contribution in [0.2, 0.25) is 0 Å². The van der Waals surface area contributed by atoms with Crippen molar-refractivity contribution in [3.8, 4) is 11.3 Å². The van der Waals surface area contributed by atoms with Crippen molar-refractivity contribution in [2.75, 3.05) is 18.9 Å². The van der Waals surface area contributed by atoms with Gasteiger partial charge in [-0.2, -0.15) is 5.10 Å². The molecule has 4 rings (SSSR count). The SMILES string of the molecule is CCN(C=O)/C(CCCc1ccc(-c2cccc(NC(=O)c3ccccc3)n2)cc1)=N\N(C)Cc1ccc(C(C)(C)C)cc1. The van der Waals surface area contributed by atoms with Crippen LogP contribution in [0.5, 0.6) is 0 Å². The lowest BCUT2D eigenvalue weighted by Gasteiger charge is -2.22. The van der Waals surface area contributed by atoms with Crippen LogP contribution in [0.1, 0.15) is 67.6 Å². The molecule has 0 aliphatic carbocycles. The molecule has 0 unspecified atom stereocenters. The Labute approximate surface area is 261 Å². The molecule has 4 aromatic rings. The highest BCUT2D eigenvalue weighted by atomic mass is 16.1. The van der Waals surface area contributed by atoms with Crippen LogP contribution in [-0.2, 0) is 23.2 Å². The lowest BCUT2D eigenvalue weighted by atomic mass is 9.87. The van der Waals surface area contributed by atoms with E-state index in [4.69, 9.17) is 5.10 Å². The van der Waals surface area contributed by atoms with Crippen LogP contribution in [-0.4, -0.2) is 46.6 Å². The van der Waals surface area contributed by atoms with Gasteiger partial charge in [0.25, 0.3) is 5.91 Å². The number of aryl methyl sites for hydroxylation is 1. The average molecular weight is 590 g/mol. The van der Waals surface area contributed by atoms with Gasteiger partial charge in [0.2, 0.25) is 6.41 Å². The summed E-state index contributed by atoms with van der Waals surface area (Å²) in [6, 6.07) is 31.7. The summed E-state index contributed by atoms with van der Waals surface area (Å²) < 4.78 is 0. The topological polar surface area (TPSA) is 77.9 Å². The zero-order valence-electron chi connectivity index (χ0n) is 26.5. The van der Waals surface area contributed by atoms with Gasteiger partial charge in [-0.3, -0.25) is 14.6 Å². The van der Waals surface area contributed by atoms with Gasteiger partial charge in [-0.05, 0) is 66.1 Å². The molecule has 44 heavy (non-hydrogen) atoms. The van der Waals surface area contributed by atoms with E-state index in [9.17, 15) is 9.59 Å². The summed E-state index contributed by atoms with van der Waals surface area (Å²) in [5.74, 6) is 1.09. The van der Waals surface area contributed by atoms with Crippen LogP contribution < -0.4 is 5.32 Å². The van der Waals surface area contributed by atoms with E-state index in [1.807, 2.05) is 49.3 Å². The lowest BCUT2D eigenvalue weighted by molar-refractivity contribution is -0.114. The molecule has 1 N–H and O–H groups in total. The van der Waals surface area contributed by atoms with Gasteiger partial charge in [-0.1, -0.05) is 93.6 Å². The van der Waals surface area contributed by atoms with E-state index in [2.05, 4.69) is 79.6 Å². The molecule has 0 bridgehead atoms. The van der Waals surface area contributed by atoms with Crippen LogP contribution >= 0.6 is 0 Å². The number of amidine groups is 1. The van der Waals surface area contributed by atoms with E-state index in [0.29, 0.717) is 30.9 Å². The molecule has 0 saturated heterocycles. The van der Waals surface area contributed by atoms with Crippen LogP contribution in [0.15, 0.2) is 102 Å². The normalized spacial score (nSPS) is 11.6. The minimum atomic E-state index is -0.189. The maximum Gasteiger partial charge on any atom is 0.256 e. The van der Waals surface area contributed by atoms with E-state index < -0.39 is 0 Å². The van der Waals surface area contributed by atoms with Crippen molar-refractivity contribution in [2.45, 2.75) is 58.9 Å². The zero-order chi connectivity index (χ0) is 31.5. The second-order valence-electron chi connectivity index (χ2n) is 11.9. The van der Waals surface area contributed by atoms with Crippen LogP contribution in [0, 0.1) is 0 Å². The number of hydrogen-bond donors (Lipinski definition) is 1. The van der Waals surface area contributed by atoms with Gasteiger partial charge >= 0.3 is 0 Å². The van der Waals surface area contributed by atoms with Crippen LogP contribution in [0.25, 0.3) is 11.3 Å². The van der Waals surface area contributed by atoms with Crippen LogP contribution in [0.3, 0.4) is 0 Å². The summed E-state index contributed by atoms with van der Waals surface area (Å²) in [5, 5.41) is 9.61. The first kappa shape index (κ1) is 32.1. The van der Waals surface area contributed by atoms with Crippen molar-refractivity contribution >= 4 is 24.0 Å². The smallest absolute Gasteiger partial charge is 0.256 e. The highest BCUT2D eigenvalue weighted by Gasteiger charge is 2.14. The van der Waals surface area contributed by atoms with Gasteiger partial charge in [0.15, 0.2) is 0 Å². The molecule has 3 aromatic carbocycles. The summed E-state index contributed by atoms with van der Waals surface area (Å²) in [7, 11) is 1.95. The van der Waals surface area contributed by atoms with Gasteiger partial charge < -0.3 is 10.2 Å². The number of carbonyl (C=O) groups excluding carboxylic acids is 2. The van der Waals surface area contributed by atoms with Crippen molar-refractivity contribution in [1.29, 1.82) is 0 Å². The van der Waals surface area contributed by atoms with Crippen molar-refractivity contribution in [3.63, 3.8) is 0 Å². The average Bonchev–Trinajstić information content (AvgIpc) is 3.02. The zero-order valence-corrected chi connectivity index (χ0v) is 26.5. The Balaban J connectivity index is 1.35. The van der Waals surface area contributed by atoms with Crippen LogP contribution in [0.4, 0.5) is 5.82 Å². The molecule has 0 atom stereocenters. The summed E-state index contributed by atoms with van der Waals surface area (Å²) in [6.45, 7) is 9.83. The van der Waals surface area contributed by atoms with E-state index in [0.717, 1.165) is 36.3 Å². The van der Waals surface area contributed by atoms with Crippen molar-refractivity contribution in [3.05, 3.63) is 119 Å². The predicted molar refractivity (Wildman–Crippen MR) is 179 cm³/mol. The molecule has 0 aliphatic heterocycles. The standard InChI is InChI=1S/C37H43N5O2/c1-6-42(27-43)35(40-41(5)26-29-20-24-32(25-21-29)37(2,3)4)17-10-12-28-18-22-30(23-19-28)33-15-11-16-34(38-33)39-36(44)31-13-8-7-9-14-31/h7-9,11,13-16,18-25,27H,6,10,12,17,26H2,1-5H3,(H,38,39,44)/b40-35-. The number of hydrogen-bond acceptors (Lipinski definition) is 5. The Hall–Kier alpha value is -4.78. The Bertz CT molecular complexity index is 1540. The Morgan fingerprint density at radius 3 is 2.20 bits per heavy atom. The molecule has 228 valence electrons. The van der Waals surface area contributed by atoms with Crippen molar-refractivity contribution in [1.82, 2.24) is 14.9 Å². The molecule has 1 heterocycles. The first-order valence-electron chi connectivity index (χ1n) is 15.2. The summed E-state index contributed by atoms with van der Waals surface area (Å²) >= 11 is 0. The fraction of sp³-hybridized carbons (Fsp3) is 0.297. The Morgan fingerprint density at radius 2 is 1.57 bits per heavy atom. The van der Waals surface area contributed by atoms with E-state index in [1.165, 1.54) is 16.7 Å². The minimum Gasteiger partial charge on any atom is -0.307 e. The number of carbonyl (C=O) groups is 2. The first-order chi connectivity index (χ1) is 21.2. The number of amides is 2. The fourth-order valence-electron chi connectivity index (χ4n) is 4.91. The third-order valence-electron chi connectivity index (χ3n) is 7.46. The second kappa shape index (κ2) is 15.1. The maximum absolute atomic E-state index is 12.5. The van der Waals surface area contributed by atoms with E-state index in [-0.39, 0.29) is 11.3 Å². The molecule has 0 radical (unpaired) electrons. The molecular formula is C37H43N5O2. The summed E-state index contributed by atoms with van der Waals surface area (Å²) in [5.41, 5.74) is 6.14. The fourth-order valence-corrected chi connectivity index (χ4v) is 4.91. The molecule has 7 nitrogen and oxygen atoms in total. The molecule has 7 heteroatoms. The first-order valence-corrected chi connectivity index (χ1v) is 15.2. The number of hydrazone groups is 1. The van der Waals surface area contributed by atoms with Gasteiger partial charge in [-0.25, -0.2) is 4.98 Å². The molecule has 0 spiro atoms. The maximum atomic E-state index is 12.5. The molecule has 2 amide bonds. The molecule has 0 aliphatic rings. The van der Waals surface area contributed by atoms with Gasteiger partial charge in [0.1, 0.15) is 11.7 Å². The number of nitrogens with zero attached hydrogens (tertiary/aromatic N) is 4. The second-order valence-corrected chi connectivity index (χ2v) is 11.9. The van der Waals surface area contributed by atoms with Crippen molar-refractivity contribution < 1.29 is 9.59 Å². The summed E-state index contributed by atoms with van der Waals surface area (Å²) in [4.78, 5) is 30.7. The largest absolute Gasteiger partial charge is 0.307 e.